The molecule has 0 radical (unpaired) electrons. The van der Waals surface area contributed by atoms with Crippen molar-refractivity contribution in [2.24, 2.45) is 11.5 Å². The van der Waals surface area contributed by atoms with E-state index in [1.807, 2.05) is 0 Å². The van der Waals surface area contributed by atoms with Gasteiger partial charge in [0.25, 0.3) is 0 Å². The minimum atomic E-state index is -1.51. The Labute approximate surface area is 196 Å². The van der Waals surface area contributed by atoms with Gasteiger partial charge in [0.2, 0.25) is 17.7 Å². The van der Waals surface area contributed by atoms with E-state index in [1.54, 1.807) is 12.1 Å². The van der Waals surface area contributed by atoms with Gasteiger partial charge in [-0.3, -0.25) is 14.4 Å². The first kappa shape index (κ1) is 28.8. The van der Waals surface area contributed by atoms with Crippen LogP contribution in [0.1, 0.15) is 24.8 Å². The first-order valence-electron chi connectivity index (χ1n) is 10.7. The van der Waals surface area contributed by atoms with E-state index in [9.17, 15) is 39.6 Å². The minimum absolute atomic E-state index is 0.0477. The summed E-state index contributed by atoms with van der Waals surface area (Å²) >= 11 is 0. The number of hydrogen-bond acceptors (Lipinski definition) is 9. The first-order chi connectivity index (χ1) is 16.1. The second-order valence-electron chi connectivity index (χ2n) is 7.65. The van der Waals surface area contributed by atoms with Gasteiger partial charge in [-0.05, 0) is 49.9 Å². The summed E-state index contributed by atoms with van der Waals surface area (Å²) in [7, 11) is 0. The highest BCUT2D eigenvalue weighted by Gasteiger charge is 2.29. The third-order valence-corrected chi connectivity index (χ3v) is 4.92. The van der Waals surface area contributed by atoms with E-state index >= 15 is 0 Å². The molecule has 0 aliphatic heterocycles. The molecule has 34 heavy (non-hydrogen) atoms. The molecule has 13 heteroatoms. The van der Waals surface area contributed by atoms with E-state index in [2.05, 4.69) is 16.0 Å². The molecule has 4 atom stereocenters. The highest BCUT2D eigenvalue weighted by Crippen LogP contribution is 2.11. The van der Waals surface area contributed by atoms with Crippen LogP contribution in [-0.4, -0.2) is 88.0 Å². The number of nitrogens with two attached hydrogens (primary N) is 2. The molecule has 11 N–H and O–H groups in total. The number of aliphatic hydroxyl groups is 2. The number of carbonyl (C=O) groups excluding carboxylic acids is 3. The summed E-state index contributed by atoms with van der Waals surface area (Å²) in [4.78, 5) is 48.5. The normalized spacial score (nSPS) is 14.4. The number of carbonyl (C=O) groups is 4. The molecule has 0 fully saturated rings. The summed E-state index contributed by atoms with van der Waals surface area (Å²) in [5.74, 6) is -3.90. The molecule has 4 unspecified atom stereocenters. The van der Waals surface area contributed by atoms with Crippen molar-refractivity contribution in [1.29, 1.82) is 0 Å². The SMILES string of the molecule is NCCCCC(NC(=O)C(CO)NC(=O)C(CO)NC(=O)C(N)Cc1ccc(O)cc1)C(=O)O. The van der Waals surface area contributed by atoms with Gasteiger partial charge in [0.05, 0.1) is 19.3 Å². The molecule has 190 valence electrons. The Kier molecular flexibility index (Phi) is 12.5. The number of amides is 3. The fourth-order valence-corrected chi connectivity index (χ4v) is 2.94. The number of carboxylic acids is 1. The zero-order valence-electron chi connectivity index (χ0n) is 18.6. The Morgan fingerprint density at radius 1 is 0.824 bits per heavy atom. The molecular formula is C21H33N5O8. The number of nitrogens with one attached hydrogen (secondary N) is 3. The molecule has 1 aromatic rings. The molecule has 0 bridgehead atoms. The quantitative estimate of drug-likeness (QED) is 0.114. The summed E-state index contributed by atoms with van der Waals surface area (Å²) in [6.07, 6.45) is 1.21. The Morgan fingerprint density at radius 3 is 1.79 bits per heavy atom. The Bertz CT molecular complexity index is 820. The van der Waals surface area contributed by atoms with Gasteiger partial charge in [0.1, 0.15) is 23.9 Å². The van der Waals surface area contributed by atoms with Crippen LogP contribution >= 0.6 is 0 Å². The molecule has 0 spiro atoms. The lowest BCUT2D eigenvalue weighted by atomic mass is 10.1. The van der Waals surface area contributed by atoms with Crippen LogP contribution in [0.25, 0.3) is 0 Å². The molecule has 0 aliphatic rings. The monoisotopic (exact) mass is 483 g/mol. The van der Waals surface area contributed by atoms with Gasteiger partial charge < -0.3 is 47.8 Å². The fraction of sp³-hybridized carbons (Fsp3) is 0.524. The van der Waals surface area contributed by atoms with E-state index in [0.717, 1.165) is 0 Å². The van der Waals surface area contributed by atoms with E-state index in [1.165, 1.54) is 12.1 Å². The second kappa shape index (κ2) is 14.8. The van der Waals surface area contributed by atoms with Crippen molar-refractivity contribution >= 4 is 23.7 Å². The van der Waals surface area contributed by atoms with Crippen molar-refractivity contribution in [1.82, 2.24) is 16.0 Å². The van der Waals surface area contributed by atoms with E-state index in [-0.39, 0.29) is 18.6 Å². The van der Waals surface area contributed by atoms with Gasteiger partial charge in [0.15, 0.2) is 0 Å². The number of phenolic OH excluding ortho intramolecular Hbond substituents is 1. The van der Waals surface area contributed by atoms with Crippen molar-refractivity contribution in [2.45, 2.75) is 49.9 Å². The first-order valence-corrected chi connectivity index (χ1v) is 10.7. The molecule has 0 heterocycles. The summed E-state index contributed by atoms with van der Waals surface area (Å²) in [6, 6.07) is 0.700. The van der Waals surface area contributed by atoms with Crippen LogP contribution < -0.4 is 27.4 Å². The average Bonchev–Trinajstić information content (AvgIpc) is 2.81. The smallest absolute Gasteiger partial charge is 0.326 e. The van der Waals surface area contributed by atoms with Gasteiger partial charge >= 0.3 is 5.97 Å². The highest BCUT2D eigenvalue weighted by atomic mass is 16.4. The largest absolute Gasteiger partial charge is 0.508 e. The minimum Gasteiger partial charge on any atom is -0.508 e. The van der Waals surface area contributed by atoms with Crippen LogP contribution in [0, 0.1) is 0 Å². The fourth-order valence-electron chi connectivity index (χ4n) is 2.94. The van der Waals surface area contributed by atoms with Crippen molar-refractivity contribution in [2.75, 3.05) is 19.8 Å². The second-order valence-corrected chi connectivity index (χ2v) is 7.65. The lowest BCUT2D eigenvalue weighted by Gasteiger charge is -2.23. The number of hydrogen-bond donors (Lipinski definition) is 9. The number of aliphatic hydroxyl groups excluding tert-OH is 2. The zero-order chi connectivity index (χ0) is 25.7. The predicted molar refractivity (Wildman–Crippen MR) is 120 cm³/mol. The van der Waals surface area contributed by atoms with Crippen LogP contribution in [0.15, 0.2) is 24.3 Å². The van der Waals surface area contributed by atoms with Crippen LogP contribution in [-0.2, 0) is 25.6 Å². The van der Waals surface area contributed by atoms with E-state index < -0.39 is 61.1 Å². The van der Waals surface area contributed by atoms with Gasteiger partial charge in [0, 0.05) is 0 Å². The van der Waals surface area contributed by atoms with Gasteiger partial charge in [-0.15, -0.1) is 0 Å². The van der Waals surface area contributed by atoms with Crippen LogP contribution in [0.4, 0.5) is 0 Å². The summed E-state index contributed by atoms with van der Waals surface area (Å²) in [6.45, 7) is -1.30. The Morgan fingerprint density at radius 2 is 1.32 bits per heavy atom. The number of phenols is 1. The predicted octanol–water partition coefficient (Wildman–Crippen LogP) is -3.09. The molecule has 3 amide bonds. The lowest BCUT2D eigenvalue weighted by molar-refractivity contribution is -0.142. The molecule has 0 aliphatic carbocycles. The van der Waals surface area contributed by atoms with Crippen molar-refractivity contribution in [3.63, 3.8) is 0 Å². The maximum Gasteiger partial charge on any atom is 0.326 e. The van der Waals surface area contributed by atoms with Gasteiger partial charge in [-0.1, -0.05) is 12.1 Å². The van der Waals surface area contributed by atoms with Crippen LogP contribution in [0.2, 0.25) is 0 Å². The van der Waals surface area contributed by atoms with Gasteiger partial charge in [-0.25, -0.2) is 4.79 Å². The summed E-state index contributed by atoms with van der Waals surface area (Å²) < 4.78 is 0. The lowest BCUT2D eigenvalue weighted by Crippen LogP contribution is -2.59. The molecule has 1 rings (SSSR count). The van der Waals surface area contributed by atoms with Crippen LogP contribution in [0.3, 0.4) is 0 Å². The number of aliphatic carboxylic acids is 1. The van der Waals surface area contributed by atoms with Crippen molar-refractivity contribution < 1.29 is 39.6 Å². The van der Waals surface area contributed by atoms with E-state index in [0.29, 0.717) is 24.9 Å². The zero-order valence-corrected chi connectivity index (χ0v) is 18.6. The Balaban J connectivity index is 2.69. The molecule has 0 aromatic heterocycles. The third-order valence-electron chi connectivity index (χ3n) is 4.92. The van der Waals surface area contributed by atoms with Crippen LogP contribution in [0.5, 0.6) is 5.75 Å². The molecule has 0 saturated heterocycles. The number of carboxylic acid groups (broad SMARTS) is 1. The maximum absolute atomic E-state index is 12.5. The number of benzene rings is 1. The molecule has 1 aromatic carbocycles. The number of rotatable bonds is 15. The van der Waals surface area contributed by atoms with Crippen molar-refractivity contribution in [3.05, 3.63) is 29.8 Å². The van der Waals surface area contributed by atoms with E-state index in [4.69, 9.17) is 11.5 Å². The Hall–Kier alpha value is -3.26. The molecule has 0 saturated carbocycles. The topological polar surface area (TPSA) is 237 Å². The number of unbranched alkanes of at least 4 members (excludes halogenated alkanes) is 1. The highest BCUT2D eigenvalue weighted by molar-refractivity contribution is 5.94. The standard InChI is InChI=1S/C21H33N5O8/c22-8-2-1-3-15(21(33)34)24-19(31)17(11-28)26-20(32)16(10-27)25-18(30)14(23)9-12-4-6-13(29)7-5-12/h4-7,14-17,27-29H,1-3,8-11,22-23H2,(H,24,31)(H,25,30)(H,26,32)(H,33,34). The summed E-state index contributed by atoms with van der Waals surface area (Å²) in [5.41, 5.74) is 11.9. The number of aromatic hydroxyl groups is 1. The summed E-state index contributed by atoms with van der Waals surface area (Å²) in [5, 5.41) is 44.2. The molecule has 13 nitrogen and oxygen atoms in total. The average molecular weight is 484 g/mol. The third kappa shape index (κ3) is 9.70. The van der Waals surface area contributed by atoms with Gasteiger partial charge in [-0.2, -0.15) is 0 Å². The maximum atomic E-state index is 12.5. The van der Waals surface area contributed by atoms with Crippen molar-refractivity contribution in [3.8, 4) is 5.75 Å². The molecular weight excluding hydrogens is 450 g/mol.